The van der Waals surface area contributed by atoms with Crippen molar-refractivity contribution < 1.29 is 27.5 Å². The van der Waals surface area contributed by atoms with Gasteiger partial charge in [0, 0.05) is 0 Å². The maximum absolute atomic E-state index is 8.25. The molecule has 46 valence electrons. The van der Waals surface area contributed by atoms with Crippen LogP contribution in [0.25, 0.3) is 0 Å². The van der Waals surface area contributed by atoms with E-state index in [1.54, 1.807) is 0 Å². The molecule has 5 heteroatoms. The van der Waals surface area contributed by atoms with Crippen molar-refractivity contribution in [3.63, 3.8) is 0 Å². The van der Waals surface area contributed by atoms with Gasteiger partial charge < -0.3 is 15.3 Å². The fourth-order valence-electron chi connectivity index (χ4n) is 0. The van der Waals surface area contributed by atoms with Crippen LogP contribution in [0.4, 0.5) is 0 Å². The molecule has 0 atom stereocenters. The fourth-order valence-corrected chi connectivity index (χ4v) is 0. The monoisotopic (exact) mass is 197 g/mol. The Morgan fingerprint density at radius 2 is 1.29 bits per heavy atom. The Hall–Kier alpha value is -0.320. The van der Waals surface area contributed by atoms with Crippen LogP contribution in [0.5, 0.6) is 0 Å². The minimum Gasteiger partial charge on any atom is -0.356 e. The number of hydrogen-bond acceptors (Lipinski definition) is 3. The standard InChI is InChI=1S/C2H4.Ag.NO3/c1-2;;2-1(3)4/h1-2H2;;/q;+1;-1. The average molecular weight is 198 g/mol. The van der Waals surface area contributed by atoms with Gasteiger partial charge in [0.05, 0.1) is 5.09 Å². The summed E-state index contributed by atoms with van der Waals surface area (Å²) in [4.78, 5) is 8.25. The van der Waals surface area contributed by atoms with E-state index >= 15 is 0 Å². The van der Waals surface area contributed by atoms with Crippen molar-refractivity contribution >= 4 is 0 Å². The molecule has 0 aromatic carbocycles. The van der Waals surface area contributed by atoms with Gasteiger partial charge in [0.1, 0.15) is 0 Å². The molecule has 0 saturated heterocycles. The summed E-state index contributed by atoms with van der Waals surface area (Å²) in [5.41, 5.74) is 0. The summed E-state index contributed by atoms with van der Waals surface area (Å²) in [6.07, 6.45) is 0. The first kappa shape index (κ1) is 15.9. The van der Waals surface area contributed by atoms with Gasteiger partial charge in [-0.1, -0.05) is 0 Å². The van der Waals surface area contributed by atoms with Gasteiger partial charge in [-0.25, -0.2) is 0 Å². The maximum atomic E-state index is 8.25. The normalized spacial score (nSPS) is 4.00. The molecule has 0 saturated carbocycles. The van der Waals surface area contributed by atoms with Crippen molar-refractivity contribution in [3.8, 4) is 0 Å². The van der Waals surface area contributed by atoms with Gasteiger partial charge in [0.15, 0.2) is 0 Å². The maximum Gasteiger partial charge on any atom is 1.00 e. The molecule has 0 spiro atoms. The van der Waals surface area contributed by atoms with Crippen LogP contribution in [0.1, 0.15) is 0 Å². The molecule has 7 heavy (non-hydrogen) atoms. The summed E-state index contributed by atoms with van der Waals surface area (Å²) in [7, 11) is 0. The summed E-state index contributed by atoms with van der Waals surface area (Å²) in [5, 5.41) is 14.8. The second kappa shape index (κ2) is 17.3. The van der Waals surface area contributed by atoms with E-state index in [0.717, 1.165) is 0 Å². The van der Waals surface area contributed by atoms with Crippen LogP contribution in [-0.2, 0) is 22.4 Å². The smallest absolute Gasteiger partial charge is 0.356 e. The Labute approximate surface area is 56.5 Å². The van der Waals surface area contributed by atoms with Crippen LogP contribution < -0.4 is 0 Å². The number of rotatable bonds is 0. The third-order valence-electron chi connectivity index (χ3n) is 0. The Morgan fingerprint density at radius 3 is 1.29 bits per heavy atom. The minimum atomic E-state index is -1.75. The van der Waals surface area contributed by atoms with Crippen LogP contribution in [0, 0.1) is 15.3 Å². The number of hydrogen-bond donors (Lipinski definition) is 0. The molecule has 0 aliphatic rings. The van der Waals surface area contributed by atoms with E-state index in [9.17, 15) is 0 Å². The molecule has 0 aliphatic heterocycles. The minimum absolute atomic E-state index is 0. The molecule has 0 aliphatic carbocycles. The van der Waals surface area contributed by atoms with E-state index in [0.29, 0.717) is 0 Å². The van der Waals surface area contributed by atoms with Crippen molar-refractivity contribution in [1.29, 1.82) is 0 Å². The topological polar surface area (TPSA) is 66.2 Å². The van der Waals surface area contributed by atoms with Crippen molar-refractivity contribution in [2.24, 2.45) is 0 Å². The molecule has 0 heterocycles. The van der Waals surface area contributed by atoms with E-state index < -0.39 is 5.09 Å². The van der Waals surface area contributed by atoms with Crippen LogP contribution in [-0.4, -0.2) is 5.09 Å². The van der Waals surface area contributed by atoms with Crippen LogP contribution >= 0.6 is 0 Å². The molecule has 0 unspecified atom stereocenters. The Bertz CT molecular complexity index is 44.2. The van der Waals surface area contributed by atoms with E-state index in [1.807, 2.05) is 0 Å². The summed E-state index contributed by atoms with van der Waals surface area (Å²) in [6.45, 7) is 6.00. The summed E-state index contributed by atoms with van der Waals surface area (Å²) >= 11 is 0. The molecule has 0 rings (SSSR count). The van der Waals surface area contributed by atoms with Gasteiger partial charge in [-0.3, -0.25) is 0 Å². The van der Waals surface area contributed by atoms with E-state index in [1.165, 1.54) is 0 Å². The summed E-state index contributed by atoms with van der Waals surface area (Å²) in [6, 6.07) is 0. The molecular formula is C2H4AgNO3. The van der Waals surface area contributed by atoms with Crippen LogP contribution in [0.3, 0.4) is 0 Å². The van der Waals surface area contributed by atoms with Gasteiger partial charge in [0.25, 0.3) is 0 Å². The van der Waals surface area contributed by atoms with E-state index in [-0.39, 0.29) is 22.4 Å². The first-order chi connectivity index (χ1) is 2.73. The van der Waals surface area contributed by atoms with E-state index in [2.05, 4.69) is 13.2 Å². The predicted octanol–water partition coefficient (Wildman–Crippen LogP) is 0.561. The van der Waals surface area contributed by atoms with Gasteiger partial charge in [-0.15, -0.1) is 13.2 Å². The molecule has 0 aromatic heterocycles. The zero-order valence-electron chi connectivity index (χ0n) is 3.39. The van der Waals surface area contributed by atoms with Crippen molar-refractivity contribution in [2.45, 2.75) is 0 Å². The number of nitrogens with zero attached hydrogens (tertiary/aromatic N) is 1. The third kappa shape index (κ3) is 753. The Kier molecular flexibility index (Phi) is 39.4. The fraction of sp³-hybridized carbons (Fsp3) is 0. The molecule has 0 bridgehead atoms. The van der Waals surface area contributed by atoms with Gasteiger partial charge >= 0.3 is 22.4 Å². The first-order valence-electron chi connectivity index (χ1n) is 1.05. The second-order valence-electron chi connectivity index (χ2n) is 0.224. The van der Waals surface area contributed by atoms with Gasteiger partial charge in [-0.2, -0.15) is 0 Å². The zero-order chi connectivity index (χ0) is 5.58. The van der Waals surface area contributed by atoms with Crippen LogP contribution in [0.2, 0.25) is 0 Å². The van der Waals surface area contributed by atoms with Crippen molar-refractivity contribution in [1.82, 2.24) is 0 Å². The predicted molar refractivity (Wildman–Crippen MR) is 21.6 cm³/mol. The van der Waals surface area contributed by atoms with Crippen molar-refractivity contribution in [2.75, 3.05) is 0 Å². The molecule has 4 nitrogen and oxygen atoms in total. The van der Waals surface area contributed by atoms with E-state index in [4.69, 9.17) is 15.3 Å². The molecule has 0 amide bonds. The molecule has 0 aromatic rings. The van der Waals surface area contributed by atoms with Gasteiger partial charge in [0.2, 0.25) is 0 Å². The molecule has 0 N–H and O–H groups in total. The largest absolute Gasteiger partial charge is 1.00 e. The SMILES string of the molecule is C=C.O=[N+]([O-])[O-].[Ag+]. The Morgan fingerprint density at radius 1 is 1.29 bits per heavy atom. The Balaban J connectivity index is -0.0000000480. The molecular weight excluding hydrogens is 194 g/mol. The zero-order valence-corrected chi connectivity index (χ0v) is 4.87. The van der Waals surface area contributed by atoms with Crippen molar-refractivity contribution in [3.05, 3.63) is 28.5 Å². The second-order valence-corrected chi connectivity index (χ2v) is 0.224. The quantitative estimate of drug-likeness (QED) is 0.247. The molecule has 0 fully saturated rings. The van der Waals surface area contributed by atoms with Gasteiger partial charge in [-0.05, 0) is 0 Å². The first-order valence-corrected chi connectivity index (χ1v) is 1.05. The third-order valence-corrected chi connectivity index (χ3v) is 0. The van der Waals surface area contributed by atoms with Crippen LogP contribution in [0.15, 0.2) is 13.2 Å². The summed E-state index contributed by atoms with van der Waals surface area (Å²) in [5.74, 6) is 0. The average Bonchev–Trinajstić information content (AvgIpc) is 1.41. The summed E-state index contributed by atoms with van der Waals surface area (Å²) < 4.78 is 0. The molecule has 0 radical (unpaired) electrons.